The van der Waals surface area contributed by atoms with Crippen molar-refractivity contribution in [1.82, 2.24) is 29.5 Å². The second-order valence-electron chi connectivity index (χ2n) is 10.7. The average Bonchev–Trinajstić information content (AvgIpc) is 3.60. The molecule has 2 aromatic heterocycles. The van der Waals surface area contributed by atoms with Crippen molar-refractivity contribution in [2.45, 2.75) is 38.6 Å². The molecular formula is C31H31N7O5. The predicted octanol–water partition coefficient (Wildman–Crippen LogP) is 2.99. The standard InChI is InChI=1S/C31H31N7O5/c39-28-18-37(31(42)43-20-21-6-2-1-3-7-21)11-10-36(28)17-27-26(16-38(35-27)19-29(40)41)24-14-32-30(33-15-24)34-25-12-22-8-4-5-9-23(22)13-25/h1-9,14-16,25H,10-13,17-20H2,(H,40,41)(H,32,33,34). The quantitative estimate of drug-likeness (QED) is 0.305. The SMILES string of the molecule is O=C(O)Cn1cc(-c2cnc(NC3Cc4ccccc4C3)nc2)c(CN2CCN(C(=O)OCc3ccccc3)CC2=O)n1. The number of carbonyl (C=O) groups is 3. The number of aliphatic carboxylic acids is 1. The van der Waals surface area contributed by atoms with Crippen LogP contribution < -0.4 is 5.32 Å². The summed E-state index contributed by atoms with van der Waals surface area (Å²) >= 11 is 0. The van der Waals surface area contributed by atoms with Crippen LogP contribution in [0, 0.1) is 0 Å². The lowest BCUT2D eigenvalue weighted by Crippen LogP contribution is -2.52. The van der Waals surface area contributed by atoms with E-state index in [2.05, 4.69) is 32.5 Å². The number of nitrogens with one attached hydrogen (secondary N) is 1. The fraction of sp³-hybridized carbons (Fsp3) is 0.290. The molecule has 0 atom stereocenters. The van der Waals surface area contributed by atoms with Crippen LogP contribution in [0.15, 0.2) is 73.2 Å². The number of benzene rings is 2. The minimum Gasteiger partial charge on any atom is -0.480 e. The van der Waals surface area contributed by atoms with Gasteiger partial charge in [0.05, 0.1) is 12.2 Å². The Hall–Kier alpha value is -5.26. The van der Waals surface area contributed by atoms with E-state index >= 15 is 0 Å². The van der Waals surface area contributed by atoms with Gasteiger partial charge in [-0.3, -0.25) is 19.2 Å². The summed E-state index contributed by atoms with van der Waals surface area (Å²) in [4.78, 5) is 49.0. The van der Waals surface area contributed by atoms with Gasteiger partial charge in [0.2, 0.25) is 11.9 Å². The fourth-order valence-corrected chi connectivity index (χ4v) is 5.45. The molecule has 0 unspecified atom stereocenters. The molecule has 2 N–H and O–H groups in total. The number of hydrogen-bond acceptors (Lipinski definition) is 8. The van der Waals surface area contributed by atoms with Crippen LogP contribution >= 0.6 is 0 Å². The third-order valence-corrected chi connectivity index (χ3v) is 7.61. The number of carbonyl (C=O) groups excluding carboxylic acids is 2. The largest absolute Gasteiger partial charge is 0.480 e. The second-order valence-corrected chi connectivity index (χ2v) is 10.7. The Labute approximate surface area is 247 Å². The molecule has 0 bridgehead atoms. The Kier molecular flexibility index (Phi) is 7.98. The highest BCUT2D eigenvalue weighted by Crippen LogP contribution is 2.26. The highest BCUT2D eigenvalue weighted by atomic mass is 16.6. The number of hydrogen-bond donors (Lipinski definition) is 2. The van der Waals surface area contributed by atoms with Gasteiger partial charge >= 0.3 is 12.1 Å². The number of piperazine rings is 1. The summed E-state index contributed by atoms with van der Waals surface area (Å²) < 4.78 is 6.71. The van der Waals surface area contributed by atoms with E-state index in [-0.39, 0.29) is 44.7 Å². The Bertz CT molecular complexity index is 1600. The molecule has 43 heavy (non-hydrogen) atoms. The lowest BCUT2D eigenvalue weighted by atomic mass is 10.1. The molecule has 1 aliphatic heterocycles. The van der Waals surface area contributed by atoms with Gasteiger partial charge < -0.3 is 20.1 Å². The van der Waals surface area contributed by atoms with E-state index in [0.29, 0.717) is 29.3 Å². The molecule has 0 saturated carbocycles. The van der Waals surface area contributed by atoms with E-state index in [9.17, 15) is 19.5 Å². The molecule has 2 aliphatic rings. The van der Waals surface area contributed by atoms with E-state index in [4.69, 9.17) is 4.74 Å². The van der Waals surface area contributed by atoms with Gasteiger partial charge in [0, 0.05) is 48.8 Å². The highest BCUT2D eigenvalue weighted by Gasteiger charge is 2.29. The van der Waals surface area contributed by atoms with Crippen molar-refractivity contribution in [1.29, 1.82) is 0 Å². The van der Waals surface area contributed by atoms with Crippen LogP contribution in [0.3, 0.4) is 0 Å². The van der Waals surface area contributed by atoms with Crippen molar-refractivity contribution < 1.29 is 24.2 Å². The summed E-state index contributed by atoms with van der Waals surface area (Å²) in [6.07, 6.45) is 6.23. The Morgan fingerprint density at radius 2 is 1.67 bits per heavy atom. The van der Waals surface area contributed by atoms with Crippen LogP contribution in [-0.4, -0.2) is 78.3 Å². The molecule has 1 fully saturated rings. The zero-order chi connectivity index (χ0) is 29.8. The number of fused-ring (bicyclic) bond motifs is 1. The summed E-state index contributed by atoms with van der Waals surface area (Å²) in [6, 6.07) is 17.9. The zero-order valence-corrected chi connectivity index (χ0v) is 23.4. The monoisotopic (exact) mass is 581 g/mol. The summed E-state index contributed by atoms with van der Waals surface area (Å²) in [6.45, 7) is 0.419. The summed E-state index contributed by atoms with van der Waals surface area (Å²) in [7, 11) is 0. The first-order valence-corrected chi connectivity index (χ1v) is 14.1. The summed E-state index contributed by atoms with van der Waals surface area (Å²) in [5.41, 5.74) is 5.33. The lowest BCUT2D eigenvalue weighted by molar-refractivity contribution is -0.138. The molecule has 0 spiro atoms. The van der Waals surface area contributed by atoms with Crippen molar-refractivity contribution in [3.63, 3.8) is 0 Å². The molecule has 1 saturated heterocycles. The third-order valence-electron chi connectivity index (χ3n) is 7.61. The van der Waals surface area contributed by atoms with E-state index in [1.54, 1.807) is 23.5 Å². The minimum atomic E-state index is -1.03. The number of nitrogens with zero attached hydrogens (tertiary/aromatic N) is 6. The zero-order valence-electron chi connectivity index (χ0n) is 23.4. The number of carboxylic acids is 1. The number of amides is 2. The number of carboxylic acid groups (broad SMARTS) is 1. The number of aromatic nitrogens is 4. The van der Waals surface area contributed by atoms with Crippen LogP contribution in [0.4, 0.5) is 10.7 Å². The van der Waals surface area contributed by atoms with Gasteiger partial charge in [-0.2, -0.15) is 5.10 Å². The molecule has 0 radical (unpaired) electrons. The van der Waals surface area contributed by atoms with Crippen molar-refractivity contribution in [2.24, 2.45) is 0 Å². The van der Waals surface area contributed by atoms with Crippen LogP contribution in [0.2, 0.25) is 0 Å². The minimum absolute atomic E-state index is 0.118. The maximum Gasteiger partial charge on any atom is 0.410 e. The molecule has 4 aromatic rings. The van der Waals surface area contributed by atoms with Gasteiger partial charge in [0.15, 0.2) is 0 Å². The molecule has 220 valence electrons. The molecule has 12 heteroatoms. The van der Waals surface area contributed by atoms with E-state index < -0.39 is 12.1 Å². The van der Waals surface area contributed by atoms with Crippen LogP contribution in [-0.2, 0) is 46.9 Å². The lowest BCUT2D eigenvalue weighted by Gasteiger charge is -2.33. The van der Waals surface area contributed by atoms with Crippen molar-refractivity contribution in [3.05, 3.63) is 95.6 Å². The molecule has 1 aliphatic carbocycles. The first kappa shape index (κ1) is 27.9. The van der Waals surface area contributed by atoms with Crippen LogP contribution in [0.1, 0.15) is 22.4 Å². The van der Waals surface area contributed by atoms with Gasteiger partial charge in [0.1, 0.15) is 19.7 Å². The van der Waals surface area contributed by atoms with E-state index in [0.717, 1.165) is 18.4 Å². The summed E-state index contributed by atoms with van der Waals surface area (Å²) in [5, 5.41) is 17.2. The average molecular weight is 582 g/mol. The van der Waals surface area contributed by atoms with Gasteiger partial charge in [-0.15, -0.1) is 0 Å². The maximum absolute atomic E-state index is 13.0. The smallest absolute Gasteiger partial charge is 0.410 e. The first-order valence-electron chi connectivity index (χ1n) is 14.1. The van der Waals surface area contributed by atoms with E-state index in [1.165, 1.54) is 20.7 Å². The Morgan fingerprint density at radius 1 is 0.977 bits per heavy atom. The van der Waals surface area contributed by atoms with Crippen molar-refractivity contribution in [2.75, 3.05) is 25.0 Å². The van der Waals surface area contributed by atoms with Crippen LogP contribution in [0.5, 0.6) is 0 Å². The summed E-state index contributed by atoms with van der Waals surface area (Å²) in [5.74, 6) is -0.783. The molecule has 12 nitrogen and oxygen atoms in total. The predicted molar refractivity (Wildman–Crippen MR) is 156 cm³/mol. The van der Waals surface area contributed by atoms with Gasteiger partial charge in [0.25, 0.3) is 0 Å². The molecule has 3 heterocycles. The van der Waals surface area contributed by atoms with Gasteiger partial charge in [-0.05, 0) is 29.5 Å². The first-order chi connectivity index (χ1) is 20.9. The van der Waals surface area contributed by atoms with Crippen molar-refractivity contribution >= 4 is 23.9 Å². The maximum atomic E-state index is 13.0. The molecule has 6 rings (SSSR count). The number of rotatable bonds is 9. The van der Waals surface area contributed by atoms with Crippen molar-refractivity contribution in [3.8, 4) is 11.1 Å². The fourth-order valence-electron chi connectivity index (χ4n) is 5.45. The van der Waals surface area contributed by atoms with Crippen LogP contribution in [0.25, 0.3) is 11.1 Å². The molecule has 2 amide bonds. The second kappa shape index (κ2) is 12.3. The van der Waals surface area contributed by atoms with E-state index in [1.807, 2.05) is 42.5 Å². The number of anilines is 1. The Morgan fingerprint density at radius 3 is 2.35 bits per heavy atom. The van der Waals surface area contributed by atoms with Gasteiger partial charge in [-0.1, -0.05) is 54.6 Å². The molecular weight excluding hydrogens is 550 g/mol. The number of ether oxygens (including phenoxy) is 1. The third kappa shape index (κ3) is 6.64. The normalized spacial score (nSPS) is 14.9. The molecule has 2 aromatic carbocycles. The Balaban J connectivity index is 1.10. The highest BCUT2D eigenvalue weighted by molar-refractivity contribution is 5.83. The van der Waals surface area contributed by atoms with Gasteiger partial charge in [-0.25, -0.2) is 14.8 Å². The topological polar surface area (TPSA) is 143 Å².